The number of aromatic nitrogens is 1. The van der Waals surface area contributed by atoms with Crippen molar-refractivity contribution in [1.82, 2.24) is 15.2 Å². The summed E-state index contributed by atoms with van der Waals surface area (Å²) in [7, 11) is 1.58. The highest BCUT2D eigenvalue weighted by molar-refractivity contribution is 7.09. The Bertz CT molecular complexity index is 1470. The highest BCUT2D eigenvalue weighted by Gasteiger charge is 2.30. The molecule has 11 heteroatoms. The summed E-state index contributed by atoms with van der Waals surface area (Å²) >= 11 is 1.33. The summed E-state index contributed by atoms with van der Waals surface area (Å²) in [6.07, 6.45) is -4.42. The number of hydrogen-bond acceptors (Lipinski definition) is 7. The maximum Gasteiger partial charge on any atom is 0.416 e. The topological polar surface area (TPSA) is 72.9 Å². The van der Waals surface area contributed by atoms with E-state index >= 15 is 0 Å². The molecule has 4 aromatic rings. The van der Waals surface area contributed by atoms with Crippen LogP contribution < -0.4 is 19.5 Å². The van der Waals surface area contributed by atoms with Crippen molar-refractivity contribution in [2.45, 2.75) is 32.4 Å². The Morgan fingerprint density at radius 1 is 0.975 bits per heavy atom. The van der Waals surface area contributed by atoms with Gasteiger partial charge >= 0.3 is 6.18 Å². The van der Waals surface area contributed by atoms with Gasteiger partial charge in [0.25, 0.3) is 5.91 Å². The zero-order valence-corrected chi connectivity index (χ0v) is 22.3. The normalized spacial score (nSPS) is 12.5. The molecule has 1 aromatic heterocycles. The molecule has 0 radical (unpaired) electrons. The Morgan fingerprint density at radius 2 is 1.73 bits per heavy atom. The summed E-state index contributed by atoms with van der Waals surface area (Å²) in [4.78, 5) is 19.3. The van der Waals surface area contributed by atoms with Crippen LogP contribution in [0.1, 0.15) is 37.7 Å². The van der Waals surface area contributed by atoms with Gasteiger partial charge in [-0.1, -0.05) is 36.4 Å². The van der Waals surface area contributed by atoms with Gasteiger partial charge in [-0.05, 0) is 47.0 Å². The first-order valence-electron chi connectivity index (χ1n) is 12.4. The smallest absolute Gasteiger partial charge is 0.416 e. The molecule has 5 rings (SSSR count). The first-order chi connectivity index (χ1) is 19.3. The Balaban J connectivity index is 1.27. The van der Waals surface area contributed by atoms with Gasteiger partial charge in [-0.2, -0.15) is 13.2 Å². The van der Waals surface area contributed by atoms with Crippen molar-refractivity contribution in [1.29, 1.82) is 0 Å². The molecule has 1 aliphatic rings. The van der Waals surface area contributed by atoms with Crippen LogP contribution >= 0.6 is 11.3 Å². The number of carbonyl (C=O) groups is 1. The maximum absolute atomic E-state index is 13.3. The Kier molecular flexibility index (Phi) is 8.22. The number of amides is 1. The van der Waals surface area contributed by atoms with Crippen molar-refractivity contribution in [2.24, 2.45) is 0 Å². The molecular formula is C29H26F3N3O4S. The third kappa shape index (κ3) is 6.91. The molecule has 0 aliphatic carbocycles. The summed E-state index contributed by atoms with van der Waals surface area (Å²) in [5.41, 5.74) is 1.95. The van der Waals surface area contributed by atoms with E-state index in [2.05, 4.69) is 10.3 Å². The number of fused-ring (bicyclic) bond motifs is 1. The van der Waals surface area contributed by atoms with Gasteiger partial charge < -0.3 is 19.5 Å². The highest BCUT2D eigenvalue weighted by Crippen LogP contribution is 2.32. The van der Waals surface area contributed by atoms with E-state index in [0.29, 0.717) is 47.5 Å². The van der Waals surface area contributed by atoms with Crippen LogP contribution in [0.25, 0.3) is 0 Å². The molecule has 0 atom stereocenters. The van der Waals surface area contributed by atoms with E-state index in [1.54, 1.807) is 24.6 Å². The fourth-order valence-electron chi connectivity index (χ4n) is 4.26. The van der Waals surface area contributed by atoms with Crippen molar-refractivity contribution in [3.63, 3.8) is 0 Å². The fourth-order valence-corrected chi connectivity index (χ4v) is 5.08. The van der Waals surface area contributed by atoms with Gasteiger partial charge in [0.2, 0.25) is 6.79 Å². The van der Waals surface area contributed by atoms with Crippen molar-refractivity contribution >= 4 is 17.2 Å². The predicted molar refractivity (Wildman–Crippen MR) is 143 cm³/mol. The van der Waals surface area contributed by atoms with Crippen molar-refractivity contribution in [2.75, 3.05) is 13.9 Å². The number of alkyl halides is 3. The molecule has 7 nitrogen and oxygen atoms in total. The SMILES string of the molecule is COc1ccc(CN(Cc2cccc(C(F)(F)F)c2)Cc2nc(C(=O)NCc3ccc4c(c3)OCO4)cs2)cc1. The number of rotatable bonds is 10. The van der Waals surface area contributed by atoms with Gasteiger partial charge in [-0.15, -0.1) is 11.3 Å². The van der Waals surface area contributed by atoms with Gasteiger partial charge in [0, 0.05) is 25.0 Å². The predicted octanol–water partition coefficient (Wildman–Crippen LogP) is 6.03. The van der Waals surface area contributed by atoms with Crippen LogP contribution in [-0.4, -0.2) is 29.7 Å². The number of nitrogens with one attached hydrogen (secondary N) is 1. The number of benzene rings is 3. The molecule has 40 heavy (non-hydrogen) atoms. The van der Waals surface area contributed by atoms with E-state index in [1.807, 2.05) is 41.3 Å². The van der Waals surface area contributed by atoms with Gasteiger partial charge in [0.1, 0.15) is 16.5 Å². The molecule has 2 heterocycles. The second-order valence-electron chi connectivity index (χ2n) is 9.19. The number of methoxy groups -OCH3 is 1. The first-order valence-corrected chi connectivity index (χ1v) is 13.3. The van der Waals surface area contributed by atoms with E-state index < -0.39 is 11.7 Å². The first kappa shape index (κ1) is 27.5. The number of nitrogens with zero attached hydrogens (tertiary/aromatic N) is 2. The van der Waals surface area contributed by atoms with Gasteiger partial charge in [0.05, 0.1) is 19.2 Å². The molecule has 0 fully saturated rings. The van der Waals surface area contributed by atoms with Gasteiger partial charge in [-0.3, -0.25) is 9.69 Å². The minimum atomic E-state index is -4.42. The zero-order valence-electron chi connectivity index (χ0n) is 21.5. The Labute approximate surface area is 233 Å². The number of hydrogen-bond donors (Lipinski definition) is 1. The number of halogens is 3. The maximum atomic E-state index is 13.3. The average Bonchev–Trinajstić information content (AvgIpc) is 3.61. The Hall–Kier alpha value is -4.09. The summed E-state index contributed by atoms with van der Waals surface area (Å²) in [6.45, 7) is 1.55. The largest absolute Gasteiger partial charge is 0.497 e. The molecule has 0 spiro atoms. The van der Waals surface area contributed by atoms with Crippen molar-refractivity contribution < 1.29 is 32.2 Å². The van der Waals surface area contributed by atoms with Crippen LogP contribution in [0.5, 0.6) is 17.2 Å². The minimum Gasteiger partial charge on any atom is -0.497 e. The van der Waals surface area contributed by atoms with E-state index in [1.165, 1.54) is 17.4 Å². The standard InChI is InChI=1S/C29H26F3N3O4S/c1-37-23-8-5-19(6-9-23)14-35(15-21-3-2-4-22(11-21)29(30,31)32)16-27-34-24(17-40-27)28(36)33-13-20-7-10-25-26(12-20)39-18-38-25/h2-12,17H,13-16,18H2,1H3,(H,33,36). The van der Waals surface area contributed by atoms with E-state index in [9.17, 15) is 18.0 Å². The number of thiazole rings is 1. The van der Waals surface area contributed by atoms with Crippen molar-refractivity contribution in [3.8, 4) is 17.2 Å². The fraction of sp³-hybridized carbons (Fsp3) is 0.241. The lowest BCUT2D eigenvalue weighted by atomic mass is 10.1. The van der Waals surface area contributed by atoms with Gasteiger partial charge in [-0.25, -0.2) is 4.98 Å². The van der Waals surface area contributed by atoms with Crippen LogP contribution in [-0.2, 0) is 32.4 Å². The van der Waals surface area contributed by atoms with Gasteiger partial charge in [0.15, 0.2) is 11.5 Å². The summed E-state index contributed by atoms with van der Waals surface area (Å²) in [5, 5.41) is 5.22. The van der Waals surface area contributed by atoms with Crippen LogP contribution in [0, 0.1) is 0 Å². The monoisotopic (exact) mass is 569 g/mol. The number of ether oxygens (including phenoxy) is 3. The lowest BCUT2D eigenvalue weighted by molar-refractivity contribution is -0.137. The molecule has 0 unspecified atom stereocenters. The van der Waals surface area contributed by atoms with E-state index in [4.69, 9.17) is 14.2 Å². The van der Waals surface area contributed by atoms with E-state index in [0.717, 1.165) is 23.3 Å². The summed E-state index contributed by atoms with van der Waals surface area (Å²) < 4.78 is 55.8. The second kappa shape index (κ2) is 12.0. The lowest BCUT2D eigenvalue weighted by Gasteiger charge is -2.22. The van der Waals surface area contributed by atoms with Crippen LogP contribution in [0.4, 0.5) is 13.2 Å². The van der Waals surface area contributed by atoms with Crippen LogP contribution in [0.3, 0.4) is 0 Å². The minimum absolute atomic E-state index is 0.177. The molecule has 0 saturated heterocycles. The van der Waals surface area contributed by atoms with Crippen molar-refractivity contribution in [3.05, 3.63) is 105 Å². The number of carbonyl (C=O) groups excluding carboxylic acids is 1. The molecule has 3 aromatic carbocycles. The zero-order chi connectivity index (χ0) is 28.1. The average molecular weight is 570 g/mol. The summed E-state index contributed by atoms with van der Waals surface area (Å²) in [5.74, 6) is 1.70. The van der Waals surface area contributed by atoms with Crippen LogP contribution in [0.2, 0.25) is 0 Å². The quantitative estimate of drug-likeness (QED) is 0.251. The molecule has 0 saturated carbocycles. The highest BCUT2D eigenvalue weighted by atomic mass is 32.1. The third-order valence-electron chi connectivity index (χ3n) is 6.26. The van der Waals surface area contributed by atoms with Crippen LogP contribution in [0.15, 0.2) is 72.1 Å². The molecule has 1 amide bonds. The molecule has 1 N–H and O–H groups in total. The molecule has 0 bridgehead atoms. The second-order valence-corrected chi connectivity index (χ2v) is 10.1. The molecule has 1 aliphatic heterocycles. The van der Waals surface area contributed by atoms with E-state index in [-0.39, 0.29) is 24.9 Å². The molecule has 208 valence electrons. The summed E-state index contributed by atoms with van der Waals surface area (Å²) in [6, 6.07) is 18.3. The molecular weight excluding hydrogens is 543 g/mol. The Morgan fingerprint density at radius 3 is 2.50 bits per heavy atom. The third-order valence-corrected chi connectivity index (χ3v) is 7.09. The lowest BCUT2D eigenvalue weighted by Crippen LogP contribution is -2.24.